The van der Waals surface area contributed by atoms with Crippen molar-refractivity contribution in [2.75, 3.05) is 34.9 Å². The molecule has 208 valence electrons. The number of hydrogen-bond acceptors (Lipinski definition) is 5. The van der Waals surface area contributed by atoms with Gasteiger partial charge in [-0.15, -0.1) is 0 Å². The maximum Gasteiger partial charge on any atom is 0.246 e. The van der Waals surface area contributed by atoms with Crippen LogP contribution >= 0.6 is 0 Å². The molecule has 1 saturated heterocycles. The van der Waals surface area contributed by atoms with E-state index in [2.05, 4.69) is 13.8 Å². The van der Waals surface area contributed by atoms with Gasteiger partial charge in [0.25, 0.3) is 0 Å². The first-order valence-electron chi connectivity index (χ1n) is 13.7. The lowest BCUT2D eigenvalue weighted by molar-refractivity contribution is -0.159. The van der Waals surface area contributed by atoms with Crippen LogP contribution in [0, 0.1) is 5.92 Å². The zero-order valence-electron chi connectivity index (χ0n) is 24.1. The molecule has 1 aliphatic heterocycles. The molecule has 38 heavy (non-hydrogen) atoms. The van der Waals surface area contributed by atoms with Crippen LogP contribution in [0.5, 0.6) is 17.2 Å². The molecule has 2 aromatic rings. The minimum atomic E-state index is -0.494. The van der Waals surface area contributed by atoms with Crippen molar-refractivity contribution in [2.45, 2.75) is 71.4 Å². The molecular formula is C31H44N2O5. The van der Waals surface area contributed by atoms with E-state index in [1.807, 2.05) is 43.3 Å². The van der Waals surface area contributed by atoms with Crippen molar-refractivity contribution in [3.05, 3.63) is 42.0 Å². The molecular weight excluding hydrogens is 480 g/mol. The SMILES string of the molecule is COc1cc(-c2ccc(CC3C(=O)N(CCCCCCC(C)C)[C@@H](C)C(=O)N3C)cc2)cc(OC)c1OC. The van der Waals surface area contributed by atoms with Gasteiger partial charge in [-0.05, 0) is 48.1 Å². The maximum atomic E-state index is 13.5. The number of amides is 2. The van der Waals surface area contributed by atoms with E-state index in [9.17, 15) is 9.59 Å². The van der Waals surface area contributed by atoms with Crippen molar-refractivity contribution < 1.29 is 23.8 Å². The number of piperazine rings is 1. The van der Waals surface area contributed by atoms with E-state index in [1.54, 1.807) is 38.2 Å². The van der Waals surface area contributed by atoms with Gasteiger partial charge in [0, 0.05) is 20.0 Å². The van der Waals surface area contributed by atoms with Crippen LogP contribution in [0.2, 0.25) is 0 Å². The molecule has 0 saturated carbocycles. The molecule has 2 aromatic carbocycles. The summed E-state index contributed by atoms with van der Waals surface area (Å²) in [6.45, 7) is 6.98. The van der Waals surface area contributed by atoms with Crippen LogP contribution in [-0.4, -0.2) is 68.6 Å². The highest BCUT2D eigenvalue weighted by atomic mass is 16.5. The second kappa shape index (κ2) is 13.5. The molecule has 1 aliphatic rings. The quantitative estimate of drug-likeness (QED) is 0.320. The average molecular weight is 525 g/mol. The second-order valence-electron chi connectivity index (χ2n) is 10.6. The van der Waals surface area contributed by atoms with Crippen molar-refractivity contribution in [1.82, 2.24) is 9.80 Å². The number of nitrogens with zero attached hydrogens (tertiary/aromatic N) is 2. The molecule has 1 fully saturated rings. The smallest absolute Gasteiger partial charge is 0.246 e. The molecule has 2 atom stereocenters. The lowest BCUT2D eigenvalue weighted by Gasteiger charge is -2.42. The fraction of sp³-hybridized carbons (Fsp3) is 0.548. The number of methoxy groups -OCH3 is 3. The van der Waals surface area contributed by atoms with E-state index in [-0.39, 0.29) is 11.8 Å². The van der Waals surface area contributed by atoms with E-state index in [0.717, 1.165) is 35.4 Å². The topological polar surface area (TPSA) is 68.3 Å². The predicted molar refractivity (Wildman–Crippen MR) is 151 cm³/mol. The highest BCUT2D eigenvalue weighted by Crippen LogP contribution is 2.41. The Bertz CT molecular complexity index is 1060. The van der Waals surface area contributed by atoms with Gasteiger partial charge < -0.3 is 24.0 Å². The largest absolute Gasteiger partial charge is 0.493 e. The maximum absolute atomic E-state index is 13.5. The summed E-state index contributed by atoms with van der Waals surface area (Å²) in [5.74, 6) is 2.50. The molecule has 2 amide bonds. The van der Waals surface area contributed by atoms with Crippen LogP contribution < -0.4 is 14.2 Å². The third-order valence-electron chi connectivity index (χ3n) is 7.52. The Morgan fingerprint density at radius 1 is 0.816 bits per heavy atom. The van der Waals surface area contributed by atoms with Crippen LogP contribution in [0.3, 0.4) is 0 Å². The van der Waals surface area contributed by atoms with E-state index in [0.29, 0.717) is 30.2 Å². The highest BCUT2D eigenvalue weighted by Gasteiger charge is 2.41. The molecule has 0 spiro atoms. The Balaban J connectivity index is 1.70. The van der Waals surface area contributed by atoms with Gasteiger partial charge in [-0.1, -0.05) is 63.8 Å². The van der Waals surface area contributed by atoms with Gasteiger partial charge in [0.05, 0.1) is 21.3 Å². The summed E-state index contributed by atoms with van der Waals surface area (Å²) in [6, 6.07) is 11.0. The van der Waals surface area contributed by atoms with Crippen molar-refractivity contribution in [1.29, 1.82) is 0 Å². The molecule has 3 rings (SSSR count). The molecule has 7 nitrogen and oxygen atoms in total. The second-order valence-corrected chi connectivity index (χ2v) is 10.6. The summed E-state index contributed by atoms with van der Waals surface area (Å²) in [4.78, 5) is 29.9. The first kappa shape index (κ1) is 29.3. The summed E-state index contributed by atoms with van der Waals surface area (Å²) >= 11 is 0. The minimum Gasteiger partial charge on any atom is -0.493 e. The van der Waals surface area contributed by atoms with Gasteiger partial charge in [-0.3, -0.25) is 9.59 Å². The van der Waals surface area contributed by atoms with Gasteiger partial charge in [0.1, 0.15) is 12.1 Å². The molecule has 7 heteroatoms. The molecule has 0 radical (unpaired) electrons. The van der Waals surface area contributed by atoms with Gasteiger partial charge in [-0.25, -0.2) is 0 Å². The van der Waals surface area contributed by atoms with E-state index in [1.165, 1.54) is 19.3 Å². The van der Waals surface area contributed by atoms with Gasteiger partial charge in [0.2, 0.25) is 17.6 Å². The van der Waals surface area contributed by atoms with E-state index >= 15 is 0 Å². The summed E-state index contributed by atoms with van der Waals surface area (Å²) in [5.41, 5.74) is 2.92. The van der Waals surface area contributed by atoms with Crippen molar-refractivity contribution in [2.24, 2.45) is 5.92 Å². The van der Waals surface area contributed by atoms with Gasteiger partial charge in [-0.2, -0.15) is 0 Å². The molecule has 0 bridgehead atoms. The highest BCUT2D eigenvalue weighted by molar-refractivity contribution is 5.96. The number of unbranched alkanes of at least 4 members (excludes halogenated alkanes) is 3. The summed E-state index contributed by atoms with van der Waals surface area (Å²) in [7, 11) is 6.52. The van der Waals surface area contributed by atoms with Crippen molar-refractivity contribution in [3.63, 3.8) is 0 Å². The summed E-state index contributed by atoms with van der Waals surface area (Å²) in [6.07, 6.45) is 6.13. The number of benzene rings is 2. The Kier molecular flexibility index (Phi) is 10.5. The van der Waals surface area contributed by atoms with Crippen LogP contribution in [0.25, 0.3) is 11.1 Å². The number of carbonyl (C=O) groups excluding carboxylic acids is 2. The standard InChI is InChI=1S/C31H44N2O5/c1-21(2)12-10-8-9-11-17-33-22(3)30(34)32(4)26(31(33)35)18-23-13-15-24(16-14-23)25-19-27(36-5)29(38-7)28(20-25)37-6/h13-16,19-22,26H,8-12,17-18H2,1-7H3/t22-,26?/m0/s1. The first-order valence-corrected chi connectivity index (χ1v) is 13.7. The van der Waals surface area contributed by atoms with Crippen molar-refractivity contribution in [3.8, 4) is 28.4 Å². The Labute approximate surface area is 228 Å². The number of hydrogen-bond donors (Lipinski definition) is 0. The van der Waals surface area contributed by atoms with E-state index < -0.39 is 12.1 Å². The van der Waals surface area contributed by atoms with Crippen LogP contribution in [0.1, 0.15) is 58.4 Å². The minimum absolute atomic E-state index is 0.00320. The monoisotopic (exact) mass is 524 g/mol. The Morgan fingerprint density at radius 3 is 1.97 bits per heavy atom. The summed E-state index contributed by atoms with van der Waals surface area (Å²) in [5, 5.41) is 0. The fourth-order valence-electron chi connectivity index (χ4n) is 5.15. The zero-order chi connectivity index (χ0) is 27.8. The number of carbonyl (C=O) groups is 2. The fourth-order valence-corrected chi connectivity index (χ4v) is 5.15. The van der Waals surface area contributed by atoms with Crippen LogP contribution in [0.4, 0.5) is 0 Å². The zero-order valence-corrected chi connectivity index (χ0v) is 24.1. The predicted octanol–water partition coefficient (Wildman–Crippen LogP) is 5.59. The third-order valence-corrected chi connectivity index (χ3v) is 7.52. The molecule has 0 aliphatic carbocycles. The Morgan fingerprint density at radius 2 is 1.42 bits per heavy atom. The van der Waals surface area contributed by atoms with Gasteiger partial charge in [0.15, 0.2) is 11.5 Å². The number of rotatable bonds is 13. The normalized spacial score (nSPS) is 17.8. The molecule has 0 N–H and O–H groups in total. The average Bonchev–Trinajstić information content (AvgIpc) is 2.92. The molecule has 1 unspecified atom stereocenters. The van der Waals surface area contributed by atoms with Crippen LogP contribution in [-0.2, 0) is 16.0 Å². The van der Waals surface area contributed by atoms with E-state index in [4.69, 9.17) is 14.2 Å². The lowest BCUT2D eigenvalue weighted by Crippen LogP contribution is -2.63. The first-order chi connectivity index (χ1) is 18.2. The third kappa shape index (κ3) is 6.80. The lowest BCUT2D eigenvalue weighted by atomic mass is 9.96. The Hall–Kier alpha value is -3.22. The summed E-state index contributed by atoms with van der Waals surface area (Å²) < 4.78 is 16.4. The van der Waals surface area contributed by atoms with Crippen molar-refractivity contribution >= 4 is 11.8 Å². The molecule has 0 aromatic heterocycles. The molecule has 1 heterocycles. The number of ether oxygens (including phenoxy) is 3. The number of likely N-dealkylation sites (N-methyl/N-ethyl adjacent to an activating group) is 1. The van der Waals surface area contributed by atoms with Crippen LogP contribution in [0.15, 0.2) is 36.4 Å². The van der Waals surface area contributed by atoms with Gasteiger partial charge >= 0.3 is 0 Å².